The van der Waals surface area contributed by atoms with Crippen LogP contribution in [-0.2, 0) is 10.0 Å². The molecule has 0 aliphatic carbocycles. The smallest absolute Gasteiger partial charge is 0.225 e. The molecule has 1 heterocycles. The normalized spacial score (nSPS) is 11.5. The summed E-state index contributed by atoms with van der Waals surface area (Å²) in [6, 6.07) is 7.52. The van der Waals surface area contributed by atoms with Crippen LogP contribution >= 0.6 is 0 Å². The highest BCUT2D eigenvalue weighted by Crippen LogP contribution is 2.21. The van der Waals surface area contributed by atoms with Gasteiger partial charge in [-0.3, -0.25) is 0 Å². The molecule has 7 nitrogen and oxygen atoms in total. The Hall–Kier alpha value is -1.93. The number of nitrogens with two attached hydrogens (primary N) is 1. The van der Waals surface area contributed by atoms with Crippen molar-refractivity contribution in [1.82, 2.24) is 9.97 Å². The van der Waals surface area contributed by atoms with Crippen LogP contribution in [0.3, 0.4) is 0 Å². The second-order valence-electron chi connectivity index (χ2n) is 4.24. The number of hydrogen-bond donors (Lipinski definition) is 3. The van der Waals surface area contributed by atoms with E-state index in [1.54, 1.807) is 0 Å². The van der Waals surface area contributed by atoms with Crippen molar-refractivity contribution < 1.29 is 8.42 Å². The molecule has 4 N–H and O–H groups in total. The maximum Gasteiger partial charge on any atom is 0.225 e. The Labute approximate surface area is 117 Å². The van der Waals surface area contributed by atoms with Gasteiger partial charge in [0.1, 0.15) is 5.82 Å². The Morgan fingerprint density at radius 3 is 2.65 bits per heavy atom. The van der Waals surface area contributed by atoms with Gasteiger partial charge in [-0.1, -0.05) is 12.1 Å². The van der Waals surface area contributed by atoms with Crippen molar-refractivity contribution in [2.24, 2.45) is 5.14 Å². The summed E-state index contributed by atoms with van der Waals surface area (Å²) >= 11 is 0. The number of fused-ring (bicyclic) bond motifs is 1. The fraction of sp³-hybridized carbons (Fsp3) is 0.333. The van der Waals surface area contributed by atoms with Gasteiger partial charge in [-0.05, 0) is 19.1 Å². The van der Waals surface area contributed by atoms with Gasteiger partial charge in [0.15, 0.2) is 0 Å². The van der Waals surface area contributed by atoms with Gasteiger partial charge in [0.25, 0.3) is 0 Å². The molecule has 0 spiro atoms. The van der Waals surface area contributed by atoms with Crippen molar-refractivity contribution >= 4 is 32.7 Å². The van der Waals surface area contributed by atoms with E-state index in [0.717, 1.165) is 10.9 Å². The lowest BCUT2D eigenvalue weighted by molar-refractivity contribution is 0.598. The van der Waals surface area contributed by atoms with Crippen LogP contribution in [0.2, 0.25) is 0 Å². The molecule has 0 saturated carbocycles. The molecule has 0 aliphatic rings. The average Bonchev–Trinajstić information content (AvgIpc) is 2.37. The Bertz CT molecular complexity index is 702. The van der Waals surface area contributed by atoms with Gasteiger partial charge in [0.2, 0.25) is 16.0 Å². The van der Waals surface area contributed by atoms with E-state index in [-0.39, 0.29) is 12.3 Å². The molecule has 0 radical (unpaired) electrons. The maximum absolute atomic E-state index is 10.9. The van der Waals surface area contributed by atoms with E-state index >= 15 is 0 Å². The second kappa shape index (κ2) is 6.02. The Balaban J connectivity index is 2.29. The number of sulfonamides is 1. The number of rotatable bonds is 6. The summed E-state index contributed by atoms with van der Waals surface area (Å²) in [6.45, 7) is 2.85. The first kappa shape index (κ1) is 14.5. The Morgan fingerprint density at radius 2 is 1.95 bits per heavy atom. The molecule has 0 fully saturated rings. The van der Waals surface area contributed by atoms with Crippen LogP contribution in [0.5, 0.6) is 0 Å². The van der Waals surface area contributed by atoms with Crippen molar-refractivity contribution in [2.75, 3.05) is 29.5 Å². The first-order valence-corrected chi connectivity index (χ1v) is 7.96. The van der Waals surface area contributed by atoms with Crippen LogP contribution in [0.4, 0.5) is 11.8 Å². The summed E-state index contributed by atoms with van der Waals surface area (Å²) in [5.74, 6) is 0.946. The van der Waals surface area contributed by atoms with Crippen molar-refractivity contribution in [3.63, 3.8) is 0 Å². The lowest BCUT2D eigenvalue weighted by Gasteiger charge is -2.10. The van der Waals surface area contributed by atoms with Crippen LogP contribution in [0, 0.1) is 0 Å². The molecular weight excluding hydrogens is 278 g/mol. The van der Waals surface area contributed by atoms with Crippen molar-refractivity contribution in [3.05, 3.63) is 24.3 Å². The molecule has 0 saturated heterocycles. The van der Waals surface area contributed by atoms with Gasteiger partial charge in [-0.15, -0.1) is 0 Å². The molecule has 8 heteroatoms. The highest BCUT2D eigenvalue weighted by molar-refractivity contribution is 7.89. The first-order valence-electron chi connectivity index (χ1n) is 6.24. The summed E-state index contributed by atoms with van der Waals surface area (Å²) < 4.78 is 21.9. The fourth-order valence-corrected chi connectivity index (χ4v) is 2.15. The number of primary sulfonamides is 1. The largest absolute Gasteiger partial charge is 0.368 e. The van der Waals surface area contributed by atoms with Crippen molar-refractivity contribution in [1.29, 1.82) is 0 Å². The van der Waals surface area contributed by atoms with Gasteiger partial charge in [0.05, 0.1) is 11.3 Å². The van der Waals surface area contributed by atoms with Crippen LogP contribution in [-0.4, -0.2) is 37.2 Å². The molecule has 108 valence electrons. The van der Waals surface area contributed by atoms with E-state index in [2.05, 4.69) is 20.6 Å². The average molecular weight is 295 g/mol. The third kappa shape index (κ3) is 3.78. The predicted octanol–water partition coefficient (Wildman–Crippen LogP) is 0.762. The highest BCUT2D eigenvalue weighted by atomic mass is 32.2. The molecule has 1 aromatic carbocycles. The molecule has 2 aromatic rings. The van der Waals surface area contributed by atoms with E-state index in [0.29, 0.717) is 18.3 Å². The third-order valence-corrected chi connectivity index (χ3v) is 3.39. The Kier molecular flexibility index (Phi) is 4.35. The first-order chi connectivity index (χ1) is 9.49. The maximum atomic E-state index is 10.9. The fourth-order valence-electron chi connectivity index (χ4n) is 1.76. The number of nitrogens with zero attached hydrogens (tertiary/aromatic N) is 2. The van der Waals surface area contributed by atoms with Crippen molar-refractivity contribution in [2.45, 2.75) is 6.92 Å². The molecule has 2 rings (SSSR count). The van der Waals surface area contributed by atoms with E-state index in [9.17, 15) is 8.42 Å². The van der Waals surface area contributed by atoms with Gasteiger partial charge >= 0.3 is 0 Å². The summed E-state index contributed by atoms with van der Waals surface area (Å²) in [5.41, 5.74) is 0.788. The molecule has 0 unspecified atom stereocenters. The van der Waals surface area contributed by atoms with Crippen LogP contribution in [0.15, 0.2) is 24.3 Å². The van der Waals surface area contributed by atoms with Crippen LogP contribution in [0.25, 0.3) is 10.9 Å². The van der Waals surface area contributed by atoms with Crippen LogP contribution < -0.4 is 15.8 Å². The monoisotopic (exact) mass is 295 g/mol. The minimum atomic E-state index is -3.49. The van der Waals surface area contributed by atoms with Crippen LogP contribution in [0.1, 0.15) is 6.92 Å². The SMILES string of the molecule is CCNc1nc(NCCS(N)(=O)=O)c2ccccc2n1. The second-order valence-corrected chi connectivity index (χ2v) is 5.97. The molecule has 0 aliphatic heterocycles. The minimum absolute atomic E-state index is 0.151. The zero-order valence-electron chi connectivity index (χ0n) is 11.1. The third-order valence-electron chi connectivity index (χ3n) is 2.62. The van der Waals surface area contributed by atoms with Gasteiger partial charge in [0, 0.05) is 18.5 Å². The van der Waals surface area contributed by atoms with E-state index in [4.69, 9.17) is 5.14 Å². The van der Waals surface area contributed by atoms with Gasteiger partial charge in [-0.2, -0.15) is 4.98 Å². The van der Waals surface area contributed by atoms with E-state index < -0.39 is 10.0 Å². The number of hydrogen-bond acceptors (Lipinski definition) is 6. The quantitative estimate of drug-likeness (QED) is 0.726. The predicted molar refractivity (Wildman–Crippen MR) is 80.2 cm³/mol. The number of nitrogens with one attached hydrogen (secondary N) is 2. The summed E-state index contributed by atoms with van der Waals surface area (Å²) in [7, 11) is -3.49. The lowest BCUT2D eigenvalue weighted by Crippen LogP contribution is -2.22. The highest BCUT2D eigenvalue weighted by Gasteiger charge is 2.08. The molecule has 0 atom stereocenters. The van der Waals surface area contributed by atoms with E-state index in [1.165, 1.54) is 0 Å². The number of para-hydroxylation sites is 1. The molecule has 20 heavy (non-hydrogen) atoms. The standard InChI is InChI=1S/C12H17N5O2S/c1-2-14-12-16-10-6-4-3-5-9(10)11(17-12)15-7-8-20(13,18)19/h3-6H,2,7-8H2,1H3,(H2,13,18,19)(H2,14,15,16,17). The van der Waals surface area contributed by atoms with E-state index in [1.807, 2.05) is 31.2 Å². The van der Waals surface area contributed by atoms with Gasteiger partial charge in [-0.25, -0.2) is 18.5 Å². The zero-order valence-corrected chi connectivity index (χ0v) is 11.9. The summed E-state index contributed by atoms with van der Waals surface area (Å²) in [6.07, 6.45) is 0. The minimum Gasteiger partial charge on any atom is -0.368 e. The molecule has 1 aromatic heterocycles. The number of aromatic nitrogens is 2. The Morgan fingerprint density at radius 1 is 1.20 bits per heavy atom. The molecular formula is C12H17N5O2S. The zero-order chi connectivity index (χ0) is 14.6. The summed E-state index contributed by atoms with van der Waals surface area (Å²) in [5, 5.41) is 11.8. The lowest BCUT2D eigenvalue weighted by atomic mass is 10.2. The summed E-state index contributed by atoms with van der Waals surface area (Å²) in [4.78, 5) is 8.72. The molecule has 0 amide bonds. The van der Waals surface area contributed by atoms with Gasteiger partial charge < -0.3 is 10.6 Å². The van der Waals surface area contributed by atoms with Crippen molar-refractivity contribution in [3.8, 4) is 0 Å². The number of benzene rings is 1. The molecule has 0 bridgehead atoms. The number of anilines is 2. The topological polar surface area (TPSA) is 110 Å².